The zero-order valence-corrected chi connectivity index (χ0v) is 20.7. The maximum Gasteiger partial charge on any atom is 0.258 e. The maximum absolute atomic E-state index is 13.0. The molecule has 0 bridgehead atoms. The number of carbonyl (C=O) groups is 1. The van der Waals surface area contributed by atoms with Crippen molar-refractivity contribution in [3.63, 3.8) is 0 Å². The van der Waals surface area contributed by atoms with Crippen LogP contribution in [-0.4, -0.2) is 36.6 Å². The van der Waals surface area contributed by atoms with E-state index in [0.717, 1.165) is 10.6 Å². The lowest BCUT2D eigenvalue weighted by Crippen LogP contribution is -2.15. The Morgan fingerprint density at radius 2 is 1.79 bits per heavy atom. The van der Waals surface area contributed by atoms with Crippen LogP contribution in [0.1, 0.15) is 21.7 Å². The number of carbonyl (C=O) groups excluding carboxylic acids is 1. The van der Waals surface area contributed by atoms with Gasteiger partial charge in [0.05, 0.1) is 32.7 Å². The molecule has 0 fully saturated rings. The summed E-state index contributed by atoms with van der Waals surface area (Å²) in [6, 6.07) is 12.2. The fraction of sp³-hybridized carbons (Fsp3) is 0.208. The van der Waals surface area contributed by atoms with Crippen molar-refractivity contribution in [3.8, 4) is 17.2 Å². The first-order valence-corrected chi connectivity index (χ1v) is 12.1. The summed E-state index contributed by atoms with van der Waals surface area (Å²) in [7, 11) is 4.51. The number of thioether (sulfide) groups is 1. The third-order valence-electron chi connectivity index (χ3n) is 5.07. The van der Waals surface area contributed by atoms with E-state index >= 15 is 0 Å². The second kappa shape index (κ2) is 10.2. The number of ether oxygens (including phenoxy) is 3. The van der Waals surface area contributed by atoms with Crippen LogP contribution in [0.4, 0.5) is 5.69 Å². The fourth-order valence-corrected chi connectivity index (χ4v) is 5.22. The molecule has 0 saturated carbocycles. The highest BCUT2D eigenvalue weighted by atomic mass is 32.2. The number of rotatable bonds is 8. The van der Waals surface area contributed by atoms with E-state index in [4.69, 9.17) is 14.2 Å². The van der Waals surface area contributed by atoms with Gasteiger partial charge in [-0.2, -0.15) is 0 Å². The van der Waals surface area contributed by atoms with Crippen LogP contribution in [0.25, 0.3) is 4.96 Å². The Bertz CT molecular complexity index is 1390. The van der Waals surface area contributed by atoms with Gasteiger partial charge < -0.3 is 19.5 Å². The van der Waals surface area contributed by atoms with Gasteiger partial charge in [-0.25, -0.2) is 4.98 Å². The Hall–Kier alpha value is -3.50. The third kappa shape index (κ3) is 4.73. The number of nitrogens with one attached hydrogen (secondary N) is 1. The zero-order valence-electron chi connectivity index (χ0n) is 19.1. The zero-order chi connectivity index (χ0) is 24.2. The fourth-order valence-electron chi connectivity index (χ4n) is 3.43. The lowest BCUT2D eigenvalue weighted by molar-refractivity contribution is 0.102. The van der Waals surface area contributed by atoms with Crippen molar-refractivity contribution < 1.29 is 19.0 Å². The molecule has 1 amide bonds. The third-order valence-corrected chi connectivity index (χ3v) is 7.12. The van der Waals surface area contributed by atoms with Crippen molar-refractivity contribution in [2.24, 2.45) is 0 Å². The molecule has 0 radical (unpaired) electrons. The molecule has 0 saturated heterocycles. The van der Waals surface area contributed by atoms with Crippen molar-refractivity contribution in [2.45, 2.75) is 17.6 Å². The minimum atomic E-state index is -0.320. The average molecular weight is 498 g/mol. The molecule has 0 aliphatic heterocycles. The number of anilines is 1. The number of methoxy groups -OCH3 is 3. The summed E-state index contributed by atoms with van der Waals surface area (Å²) in [6.07, 6.45) is 0. The number of aryl methyl sites for hydroxylation is 1. The second-order valence-corrected chi connectivity index (χ2v) is 9.09. The number of thiazole rings is 1. The van der Waals surface area contributed by atoms with Crippen LogP contribution < -0.4 is 25.1 Å². The molecule has 4 rings (SSSR count). The van der Waals surface area contributed by atoms with Crippen molar-refractivity contribution in [3.05, 3.63) is 75.1 Å². The van der Waals surface area contributed by atoms with E-state index in [-0.39, 0.29) is 11.5 Å². The lowest BCUT2D eigenvalue weighted by Gasteiger charge is -2.15. The summed E-state index contributed by atoms with van der Waals surface area (Å²) in [5.74, 6) is 1.37. The first kappa shape index (κ1) is 23.7. The summed E-state index contributed by atoms with van der Waals surface area (Å²) in [5.41, 5.74) is 2.47. The number of hydrogen-bond acceptors (Lipinski definition) is 8. The molecule has 0 aliphatic carbocycles. The van der Waals surface area contributed by atoms with Crippen molar-refractivity contribution in [1.29, 1.82) is 0 Å². The summed E-state index contributed by atoms with van der Waals surface area (Å²) in [6.45, 7) is 1.88. The number of aromatic nitrogens is 2. The number of nitrogens with zero attached hydrogens (tertiary/aromatic N) is 2. The van der Waals surface area contributed by atoms with Crippen LogP contribution in [0.5, 0.6) is 17.2 Å². The number of benzene rings is 2. The highest BCUT2D eigenvalue weighted by Crippen LogP contribution is 2.38. The van der Waals surface area contributed by atoms with Crippen LogP contribution in [-0.2, 0) is 5.75 Å². The van der Waals surface area contributed by atoms with Crippen LogP contribution in [0, 0.1) is 6.92 Å². The van der Waals surface area contributed by atoms with Crippen LogP contribution >= 0.6 is 23.1 Å². The Kier molecular flexibility index (Phi) is 7.09. The normalized spacial score (nSPS) is 10.8. The number of hydrogen-bond donors (Lipinski definition) is 1. The topological polar surface area (TPSA) is 91.2 Å². The Morgan fingerprint density at radius 1 is 1.09 bits per heavy atom. The molecule has 176 valence electrons. The molecule has 0 aliphatic rings. The van der Waals surface area contributed by atoms with E-state index in [1.807, 2.05) is 36.6 Å². The molecule has 0 unspecified atom stereocenters. The Morgan fingerprint density at radius 3 is 2.47 bits per heavy atom. The smallest absolute Gasteiger partial charge is 0.258 e. The van der Waals surface area contributed by atoms with Crippen LogP contribution in [0.2, 0.25) is 0 Å². The summed E-state index contributed by atoms with van der Waals surface area (Å²) in [4.78, 5) is 31.6. The van der Waals surface area contributed by atoms with Crippen molar-refractivity contribution in [1.82, 2.24) is 9.38 Å². The van der Waals surface area contributed by atoms with Crippen molar-refractivity contribution in [2.75, 3.05) is 26.6 Å². The average Bonchev–Trinajstić information content (AvgIpc) is 3.23. The molecule has 8 nitrogen and oxygen atoms in total. The molecular formula is C24H23N3O5S2. The Balaban J connectivity index is 1.55. The number of amides is 1. The van der Waals surface area contributed by atoms with Gasteiger partial charge in [-0.1, -0.05) is 12.1 Å². The number of para-hydroxylation sites is 1. The van der Waals surface area contributed by atoms with Gasteiger partial charge in [-0.05, 0) is 31.2 Å². The summed E-state index contributed by atoms with van der Waals surface area (Å²) >= 11 is 2.93. The predicted octanol–water partition coefficient (Wildman–Crippen LogP) is 4.63. The molecule has 10 heteroatoms. The Labute approximate surface area is 204 Å². The molecule has 2 heterocycles. The van der Waals surface area contributed by atoms with Gasteiger partial charge >= 0.3 is 0 Å². The first-order valence-electron chi connectivity index (χ1n) is 10.2. The van der Waals surface area contributed by atoms with E-state index in [2.05, 4.69) is 10.3 Å². The highest BCUT2D eigenvalue weighted by Gasteiger charge is 2.18. The molecule has 34 heavy (non-hydrogen) atoms. The van der Waals surface area contributed by atoms with Gasteiger partial charge in [0.1, 0.15) is 0 Å². The minimum absolute atomic E-state index is 0.0941. The quantitative estimate of drug-likeness (QED) is 0.355. The van der Waals surface area contributed by atoms with E-state index < -0.39 is 0 Å². The lowest BCUT2D eigenvalue weighted by atomic mass is 10.1. The minimum Gasteiger partial charge on any atom is -0.493 e. The van der Waals surface area contributed by atoms with E-state index in [1.165, 1.54) is 44.4 Å². The monoisotopic (exact) mass is 497 g/mol. The summed E-state index contributed by atoms with van der Waals surface area (Å²) < 4.78 is 17.6. The SMILES string of the molecule is COc1cc(C(=O)Nc2ccccc2SCc2cc(=O)n3c(C)csc3n2)cc(OC)c1OC. The van der Waals surface area contributed by atoms with E-state index in [0.29, 0.717) is 44.9 Å². The molecule has 2 aromatic carbocycles. The maximum atomic E-state index is 13.0. The predicted molar refractivity (Wildman–Crippen MR) is 134 cm³/mol. The molecule has 4 aromatic rings. The molecule has 1 N–H and O–H groups in total. The van der Waals surface area contributed by atoms with E-state index in [1.54, 1.807) is 22.6 Å². The molecular weight excluding hydrogens is 474 g/mol. The van der Waals surface area contributed by atoms with Gasteiger partial charge in [0, 0.05) is 33.4 Å². The van der Waals surface area contributed by atoms with Gasteiger partial charge in [-0.15, -0.1) is 23.1 Å². The second-order valence-electron chi connectivity index (χ2n) is 7.23. The van der Waals surface area contributed by atoms with Crippen molar-refractivity contribution >= 4 is 39.7 Å². The number of fused-ring (bicyclic) bond motifs is 1. The molecule has 0 atom stereocenters. The highest BCUT2D eigenvalue weighted by molar-refractivity contribution is 7.98. The standard InChI is InChI=1S/C24H23N3O5S2/c1-14-12-34-24-25-16(11-21(28)27(14)24)13-33-20-8-6-5-7-17(20)26-23(29)15-9-18(30-2)22(32-4)19(10-15)31-3/h5-12H,13H2,1-4H3,(H,26,29). The van der Waals surface area contributed by atoms with Gasteiger partial charge in [0.25, 0.3) is 11.5 Å². The largest absolute Gasteiger partial charge is 0.493 e. The summed E-state index contributed by atoms with van der Waals surface area (Å²) in [5, 5.41) is 4.86. The van der Waals surface area contributed by atoms with E-state index in [9.17, 15) is 9.59 Å². The van der Waals surface area contributed by atoms with Crippen LogP contribution in [0.3, 0.4) is 0 Å². The molecule has 0 spiro atoms. The van der Waals surface area contributed by atoms with Gasteiger partial charge in [0.15, 0.2) is 16.5 Å². The molecule has 2 aromatic heterocycles. The van der Waals surface area contributed by atoms with Gasteiger partial charge in [-0.3, -0.25) is 14.0 Å². The van der Waals surface area contributed by atoms with Crippen LogP contribution in [0.15, 0.2) is 57.5 Å². The van der Waals surface area contributed by atoms with Gasteiger partial charge in [0.2, 0.25) is 5.75 Å². The first-order chi connectivity index (χ1) is 16.4.